The molecule has 2 N–H and O–H groups in total. The Bertz CT molecular complexity index is 2250. The highest BCUT2D eigenvalue weighted by molar-refractivity contribution is 5.82. The van der Waals surface area contributed by atoms with Gasteiger partial charge in [-0.05, 0) is 157 Å². The van der Waals surface area contributed by atoms with Crippen LogP contribution in [0.15, 0.2) is 206 Å². The minimum Gasteiger partial charge on any atom is -0.356 e. The van der Waals surface area contributed by atoms with E-state index in [0.717, 1.165) is 68.0 Å². The van der Waals surface area contributed by atoms with E-state index in [1.54, 1.807) is 0 Å². The van der Waals surface area contributed by atoms with Crippen LogP contribution in [0.3, 0.4) is 0 Å². The van der Waals surface area contributed by atoms with Crippen LogP contribution in [0.25, 0.3) is 11.1 Å². The van der Waals surface area contributed by atoms with E-state index in [1.807, 2.05) is 0 Å². The van der Waals surface area contributed by atoms with E-state index in [0.29, 0.717) is 0 Å². The summed E-state index contributed by atoms with van der Waals surface area (Å²) in [7, 11) is 0. The van der Waals surface area contributed by atoms with E-state index in [1.165, 1.54) is 11.1 Å². The Labute approximate surface area is 318 Å². The number of para-hydroxylation sites is 2. The molecule has 54 heavy (non-hydrogen) atoms. The van der Waals surface area contributed by atoms with Gasteiger partial charge in [-0.25, -0.2) is 0 Å². The van der Waals surface area contributed by atoms with E-state index >= 15 is 0 Å². The summed E-state index contributed by atoms with van der Waals surface area (Å²) < 4.78 is 0. The number of benzene rings is 8. The number of hydrogen-bond donors (Lipinski definition) is 2. The highest BCUT2D eigenvalue weighted by Gasteiger charge is 2.15. The van der Waals surface area contributed by atoms with Crippen molar-refractivity contribution in [2.24, 2.45) is 0 Å². The van der Waals surface area contributed by atoms with Crippen LogP contribution in [-0.4, -0.2) is 0 Å². The lowest BCUT2D eigenvalue weighted by Gasteiger charge is -2.26. The van der Waals surface area contributed by atoms with Gasteiger partial charge in [0.1, 0.15) is 0 Å². The van der Waals surface area contributed by atoms with Gasteiger partial charge in [0.15, 0.2) is 0 Å². The molecule has 4 nitrogen and oxygen atoms in total. The lowest BCUT2D eigenvalue weighted by Crippen LogP contribution is -2.10. The van der Waals surface area contributed by atoms with Gasteiger partial charge in [-0.2, -0.15) is 0 Å². The molecule has 0 aliphatic heterocycles. The predicted molar refractivity (Wildman–Crippen MR) is 230 cm³/mol. The van der Waals surface area contributed by atoms with Crippen molar-refractivity contribution in [2.75, 3.05) is 20.4 Å². The first-order valence-electron chi connectivity index (χ1n) is 18.3. The minimum absolute atomic E-state index is 1.05. The van der Waals surface area contributed by atoms with Gasteiger partial charge in [-0.1, -0.05) is 84.9 Å². The molecule has 0 bridgehead atoms. The van der Waals surface area contributed by atoms with Crippen LogP contribution in [0, 0.1) is 13.8 Å². The SMILES string of the molecule is Cc1cccc(Nc2ccc(N(c3ccccc3)c3ccc(-c4ccc(N(c5ccccc5)c5ccc(Nc6cccc(C)c6)cc5)cc4)cc3)cc2)c1. The molecule has 0 atom stereocenters. The zero-order valence-corrected chi connectivity index (χ0v) is 30.5. The smallest absolute Gasteiger partial charge is 0.0463 e. The van der Waals surface area contributed by atoms with E-state index in [-0.39, 0.29) is 0 Å². The molecule has 0 saturated carbocycles. The molecule has 0 spiro atoms. The predicted octanol–water partition coefficient (Wildman–Crippen LogP) is 14.4. The van der Waals surface area contributed by atoms with Gasteiger partial charge >= 0.3 is 0 Å². The Balaban J connectivity index is 1.04. The Morgan fingerprint density at radius 1 is 0.278 bits per heavy atom. The van der Waals surface area contributed by atoms with E-state index in [2.05, 4.69) is 241 Å². The van der Waals surface area contributed by atoms with Crippen molar-refractivity contribution in [3.8, 4) is 11.1 Å². The second-order valence-electron chi connectivity index (χ2n) is 13.5. The van der Waals surface area contributed by atoms with Crippen molar-refractivity contribution in [3.05, 3.63) is 217 Å². The van der Waals surface area contributed by atoms with Crippen molar-refractivity contribution >= 4 is 56.9 Å². The molecule has 8 aromatic carbocycles. The first kappa shape index (κ1) is 34.1. The third kappa shape index (κ3) is 7.89. The highest BCUT2D eigenvalue weighted by atomic mass is 15.1. The number of nitrogens with one attached hydrogen (secondary N) is 2. The number of anilines is 10. The summed E-state index contributed by atoms with van der Waals surface area (Å²) in [5.74, 6) is 0. The summed E-state index contributed by atoms with van der Waals surface area (Å²) in [6.45, 7) is 4.22. The molecule has 0 radical (unpaired) electrons. The van der Waals surface area contributed by atoms with Crippen molar-refractivity contribution in [1.82, 2.24) is 0 Å². The van der Waals surface area contributed by atoms with Gasteiger partial charge in [-0.3, -0.25) is 0 Å². The molecule has 0 heterocycles. The van der Waals surface area contributed by atoms with Crippen LogP contribution in [0.2, 0.25) is 0 Å². The fourth-order valence-corrected chi connectivity index (χ4v) is 6.82. The lowest BCUT2D eigenvalue weighted by molar-refractivity contribution is 1.28. The van der Waals surface area contributed by atoms with Crippen LogP contribution in [-0.2, 0) is 0 Å². The Morgan fingerprint density at radius 2 is 0.593 bits per heavy atom. The maximum Gasteiger partial charge on any atom is 0.0463 e. The lowest BCUT2D eigenvalue weighted by atomic mass is 10.0. The second kappa shape index (κ2) is 15.7. The summed E-state index contributed by atoms with van der Waals surface area (Å²) >= 11 is 0. The molecule has 0 aliphatic carbocycles. The van der Waals surface area contributed by atoms with Gasteiger partial charge in [-0.15, -0.1) is 0 Å². The van der Waals surface area contributed by atoms with Crippen LogP contribution in [0.1, 0.15) is 11.1 Å². The average Bonchev–Trinajstić information content (AvgIpc) is 3.21. The zero-order chi connectivity index (χ0) is 36.7. The van der Waals surface area contributed by atoms with E-state index < -0.39 is 0 Å². The molecule has 0 aromatic heterocycles. The molecule has 8 aromatic rings. The van der Waals surface area contributed by atoms with Crippen LogP contribution >= 0.6 is 0 Å². The third-order valence-corrected chi connectivity index (χ3v) is 9.48. The van der Waals surface area contributed by atoms with Gasteiger partial charge in [0.2, 0.25) is 0 Å². The molecular weight excluding hydrogens is 657 g/mol. The highest BCUT2D eigenvalue weighted by Crippen LogP contribution is 2.39. The number of rotatable bonds is 11. The number of hydrogen-bond acceptors (Lipinski definition) is 4. The van der Waals surface area contributed by atoms with Gasteiger partial charge in [0, 0.05) is 56.9 Å². The standard InChI is InChI=1S/C50H42N4/c1-37-11-9-13-43(35-37)51-41-23-31-49(32-24-41)53(45-15-5-3-6-16-45)47-27-19-39(20-28-47)40-21-29-48(30-22-40)54(46-17-7-4-8-18-46)50-33-25-42(26-34-50)52-44-14-10-12-38(2)36-44/h3-36,51-52H,1-2H3. The maximum absolute atomic E-state index is 3.53. The quantitative estimate of drug-likeness (QED) is 0.141. The number of aryl methyl sites for hydroxylation is 2. The van der Waals surface area contributed by atoms with Crippen molar-refractivity contribution < 1.29 is 0 Å². The summed E-state index contributed by atoms with van der Waals surface area (Å²) in [6.07, 6.45) is 0. The van der Waals surface area contributed by atoms with Crippen molar-refractivity contribution in [2.45, 2.75) is 13.8 Å². The van der Waals surface area contributed by atoms with Crippen LogP contribution in [0.5, 0.6) is 0 Å². The van der Waals surface area contributed by atoms with Gasteiger partial charge < -0.3 is 20.4 Å². The Morgan fingerprint density at radius 3 is 0.926 bits per heavy atom. The summed E-state index contributed by atoms with van der Waals surface area (Å²) in [6, 6.07) is 72.8. The fourth-order valence-electron chi connectivity index (χ4n) is 6.82. The summed E-state index contributed by atoms with van der Waals surface area (Å²) in [5.41, 5.74) is 15.6. The minimum atomic E-state index is 1.05. The van der Waals surface area contributed by atoms with Crippen LogP contribution < -0.4 is 20.4 Å². The molecule has 262 valence electrons. The second-order valence-corrected chi connectivity index (χ2v) is 13.5. The summed E-state index contributed by atoms with van der Waals surface area (Å²) in [5, 5.41) is 7.07. The number of nitrogens with zero attached hydrogens (tertiary/aromatic N) is 2. The maximum atomic E-state index is 3.53. The molecule has 8 rings (SSSR count). The van der Waals surface area contributed by atoms with E-state index in [9.17, 15) is 0 Å². The largest absolute Gasteiger partial charge is 0.356 e. The molecule has 0 aliphatic rings. The fraction of sp³-hybridized carbons (Fsp3) is 0.0400. The molecule has 0 fully saturated rings. The molecule has 0 saturated heterocycles. The molecule has 4 heteroatoms. The van der Waals surface area contributed by atoms with Gasteiger partial charge in [0.25, 0.3) is 0 Å². The normalized spacial score (nSPS) is 10.8. The molecular formula is C50H42N4. The van der Waals surface area contributed by atoms with Crippen molar-refractivity contribution in [3.63, 3.8) is 0 Å². The average molecular weight is 699 g/mol. The zero-order valence-electron chi connectivity index (χ0n) is 30.5. The van der Waals surface area contributed by atoms with Crippen LogP contribution in [0.4, 0.5) is 56.9 Å². The molecule has 0 amide bonds. The monoisotopic (exact) mass is 698 g/mol. The topological polar surface area (TPSA) is 30.5 Å². The molecule has 0 unspecified atom stereocenters. The summed E-state index contributed by atoms with van der Waals surface area (Å²) in [4.78, 5) is 4.59. The third-order valence-electron chi connectivity index (χ3n) is 9.48. The Hall–Kier alpha value is -7.04. The van der Waals surface area contributed by atoms with E-state index in [4.69, 9.17) is 0 Å². The first-order chi connectivity index (χ1) is 26.6. The van der Waals surface area contributed by atoms with Gasteiger partial charge in [0.05, 0.1) is 0 Å². The Kier molecular flexibility index (Phi) is 9.90. The first-order valence-corrected chi connectivity index (χ1v) is 18.3. The van der Waals surface area contributed by atoms with Crippen molar-refractivity contribution in [1.29, 1.82) is 0 Å².